The van der Waals surface area contributed by atoms with Gasteiger partial charge >= 0.3 is 0 Å². The summed E-state index contributed by atoms with van der Waals surface area (Å²) in [6, 6.07) is 9.23. The van der Waals surface area contributed by atoms with Gasteiger partial charge in [-0.15, -0.1) is 11.3 Å². The maximum Gasteiger partial charge on any atom is 0.234 e. The quantitative estimate of drug-likeness (QED) is 0.507. The van der Waals surface area contributed by atoms with Crippen LogP contribution in [0.1, 0.15) is 49.3 Å². The van der Waals surface area contributed by atoms with Crippen LogP contribution in [0.4, 0.5) is 0 Å². The Bertz CT molecular complexity index is 1220. The summed E-state index contributed by atoms with van der Waals surface area (Å²) in [7, 11) is 0. The first-order valence-corrected chi connectivity index (χ1v) is 11.7. The van der Waals surface area contributed by atoms with Gasteiger partial charge in [-0.2, -0.15) is 0 Å². The molecular formula is C23H21Cl2N3O3S. The minimum atomic E-state index is -0.752. The third kappa shape index (κ3) is 4.37. The standard InChI is InChI=1S/C23H21Cl2N3O3S/c1-23(2,13-3-5-17-18(9-13)32-11-27-17)22(31)26-10-12-7-15(24)20(16(25)8-12)14-4-6-19(29)28-21(14)30/h3,5,7-9,11,14H,4,6,10H2,1-2H3,(H,26,31)(H,28,29,30). The van der Waals surface area contributed by atoms with Crippen LogP contribution in [0.2, 0.25) is 10.0 Å². The van der Waals surface area contributed by atoms with Gasteiger partial charge in [0, 0.05) is 28.6 Å². The molecule has 3 amide bonds. The largest absolute Gasteiger partial charge is 0.351 e. The normalized spacial score (nSPS) is 16.8. The van der Waals surface area contributed by atoms with Gasteiger partial charge < -0.3 is 5.32 Å². The number of halogens is 2. The number of carbonyl (C=O) groups is 3. The fourth-order valence-electron chi connectivity index (χ4n) is 3.82. The molecule has 2 aromatic carbocycles. The first kappa shape index (κ1) is 22.7. The van der Waals surface area contributed by atoms with Crippen molar-refractivity contribution in [2.75, 3.05) is 0 Å². The fraction of sp³-hybridized carbons (Fsp3) is 0.304. The Labute approximate surface area is 199 Å². The smallest absolute Gasteiger partial charge is 0.234 e. The molecule has 2 N–H and O–H groups in total. The number of fused-ring (bicyclic) bond motifs is 1. The van der Waals surface area contributed by atoms with E-state index in [-0.39, 0.29) is 24.8 Å². The summed E-state index contributed by atoms with van der Waals surface area (Å²) in [5.41, 5.74) is 4.07. The van der Waals surface area contributed by atoms with Gasteiger partial charge in [-0.3, -0.25) is 19.7 Å². The topological polar surface area (TPSA) is 88.2 Å². The number of rotatable bonds is 5. The van der Waals surface area contributed by atoms with Crippen LogP contribution in [0.15, 0.2) is 35.8 Å². The van der Waals surface area contributed by atoms with E-state index in [2.05, 4.69) is 15.6 Å². The number of nitrogens with zero attached hydrogens (tertiary/aromatic N) is 1. The second kappa shape index (κ2) is 8.81. The van der Waals surface area contributed by atoms with E-state index < -0.39 is 17.2 Å². The fourth-order valence-corrected chi connectivity index (χ4v) is 5.33. The number of carbonyl (C=O) groups excluding carboxylic acids is 3. The molecule has 0 radical (unpaired) electrons. The van der Waals surface area contributed by atoms with E-state index in [4.69, 9.17) is 23.2 Å². The summed E-state index contributed by atoms with van der Waals surface area (Å²) in [5, 5.41) is 5.96. The van der Waals surface area contributed by atoms with Gasteiger partial charge in [0.15, 0.2) is 0 Å². The van der Waals surface area contributed by atoms with Crippen molar-refractivity contribution in [2.24, 2.45) is 0 Å². The lowest BCUT2D eigenvalue weighted by atomic mass is 9.83. The number of thiazole rings is 1. The monoisotopic (exact) mass is 489 g/mol. The summed E-state index contributed by atoms with van der Waals surface area (Å²) in [6.45, 7) is 3.98. The number of benzene rings is 2. The van der Waals surface area contributed by atoms with Gasteiger partial charge in [0.2, 0.25) is 17.7 Å². The van der Waals surface area contributed by atoms with Gasteiger partial charge in [-0.1, -0.05) is 29.3 Å². The average molecular weight is 490 g/mol. The molecule has 1 aliphatic rings. The van der Waals surface area contributed by atoms with E-state index in [9.17, 15) is 14.4 Å². The summed E-state index contributed by atoms with van der Waals surface area (Å²) in [5.74, 6) is -1.40. The summed E-state index contributed by atoms with van der Waals surface area (Å²) < 4.78 is 1.03. The lowest BCUT2D eigenvalue weighted by molar-refractivity contribution is -0.134. The molecule has 0 spiro atoms. The third-order valence-corrected chi connectivity index (χ3v) is 7.22. The molecule has 1 aromatic heterocycles. The number of piperidine rings is 1. The molecule has 1 unspecified atom stereocenters. The first-order chi connectivity index (χ1) is 15.2. The number of hydrogen-bond acceptors (Lipinski definition) is 5. The molecule has 1 fully saturated rings. The minimum Gasteiger partial charge on any atom is -0.351 e. The molecule has 1 aliphatic heterocycles. The zero-order valence-electron chi connectivity index (χ0n) is 17.5. The Morgan fingerprint density at radius 3 is 2.62 bits per heavy atom. The zero-order valence-corrected chi connectivity index (χ0v) is 19.8. The van der Waals surface area contributed by atoms with Crippen molar-refractivity contribution >= 4 is 62.5 Å². The molecule has 0 bridgehead atoms. The second-order valence-corrected chi connectivity index (χ2v) is 10.0. The Hall–Kier alpha value is -2.48. The highest BCUT2D eigenvalue weighted by Crippen LogP contribution is 2.37. The molecule has 3 aromatic rings. The Balaban J connectivity index is 1.49. The van der Waals surface area contributed by atoms with Crippen LogP contribution in [0, 0.1) is 0 Å². The van der Waals surface area contributed by atoms with Crippen LogP contribution in [0.3, 0.4) is 0 Å². The van der Waals surface area contributed by atoms with Gasteiger partial charge in [0.05, 0.1) is 27.1 Å². The Morgan fingerprint density at radius 2 is 1.94 bits per heavy atom. The number of imide groups is 1. The minimum absolute atomic E-state index is 0.136. The lowest BCUT2D eigenvalue weighted by Gasteiger charge is -2.25. The molecular weight excluding hydrogens is 469 g/mol. The molecule has 0 saturated carbocycles. The van der Waals surface area contributed by atoms with E-state index in [0.29, 0.717) is 22.0 Å². The van der Waals surface area contributed by atoms with E-state index in [1.165, 1.54) is 11.3 Å². The van der Waals surface area contributed by atoms with Crippen LogP contribution >= 0.6 is 34.5 Å². The number of aromatic nitrogens is 1. The molecule has 1 atom stereocenters. The SMILES string of the molecule is CC(C)(C(=O)NCc1cc(Cl)c(C2CCC(=O)NC2=O)c(Cl)c1)c1ccc2ncsc2c1. The van der Waals surface area contributed by atoms with E-state index in [0.717, 1.165) is 21.3 Å². The summed E-state index contributed by atoms with van der Waals surface area (Å²) in [4.78, 5) is 40.9. The van der Waals surface area contributed by atoms with Crippen LogP contribution in [-0.2, 0) is 26.3 Å². The van der Waals surface area contributed by atoms with Gasteiger partial charge in [0.25, 0.3) is 0 Å². The lowest BCUT2D eigenvalue weighted by Crippen LogP contribution is -2.40. The first-order valence-electron chi connectivity index (χ1n) is 10.1. The van der Waals surface area contributed by atoms with Crippen LogP contribution < -0.4 is 10.6 Å². The zero-order chi connectivity index (χ0) is 23.0. The van der Waals surface area contributed by atoms with Gasteiger partial charge in [-0.05, 0) is 55.7 Å². The van der Waals surface area contributed by atoms with E-state index in [1.807, 2.05) is 32.0 Å². The second-order valence-electron chi connectivity index (χ2n) is 8.32. The molecule has 1 saturated heterocycles. The maximum atomic E-state index is 13.0. The molecule has 9 heteroatoms. The van der Waals surface area contributed by atoms with Gasteiger partial charge in [-0.25, -0.2) is 4.98 Å². The number of hydrogen-bond donors (Lipinski definition) is 2. The molecule has 32 heavy (non-hydrogen) atoms. The predicted octanol–water partition coefficient (Wildman–Crippen LogP) is 4.72. The highest BCUT2D eigenvalue weighted by molar-refractivity contribution is 7.16. The van der Waals surface area contributed by atoms with Crippen molar-refractivity contribution in [1.29, 1.82) is 0 Å². The maximum absolute atomic E-state index is 13.0. The Kier molecular flexibility index (Phi) is 6.25. The van der Waals surface area contributed by atoms with Crippen molar-refractivity contribution in [3.63, 3.8) is 0 Å². The molecule has 0 aliphatic carbocycles. The van der Waals surface area contributed by atoms with Gasteiger partial charge in [0.1, 0.15) is 0 Å². The van der Waals surface area contributed by atoms with Crippen LogP contribution in [0.25, 0.3) is 10.2 Å². The number of amides is 3. The van der Waals surface area contributed by atoms with Crippen molar-refractivity contribution in [3.8, 4) is 0 Å². The van der Waals surface area contributed by atoms with Crippen molar-refractivity contribution in [2.45, 2.75) is 44.6 Å². The van der Waals surface area contributed by atoms with E-state index in [1.54, 1.807) is 17.6 Å². The average Bonchev–Trinajstić information content (AvgIpc) is 3.21. The highest BCUT2D eigenvalue weighted by Gasteiger charge is 2.32. The van der Waals surface area contributed by atoms with Crippen molar-refractivity contribution in [1.82, 2.24) is 15.6 Å². The molecule has 4 rings (SSSR count). The molecule has 166 valence electrons. The molecule has 2 heterocycles. The molecule has 6 nitrogen and oxygen atoms in total. The Morgan fingerprint density at radius 1 is 1.22 bits per heavy atom. The predicted molar refractivity (Wildman–Crippen MR) is 126 cm³/mol. The van der Waals surface area contributed by atoms with Crippen molar-refractivity contribution < 1.29 is 14.4 Å². The van der Waals surface area contributed by atoms with E-state index >= 15 is 0 Å². The van der Waals surface area contributed by atoms with Crippen molar-refractivity contribution in [3.05, 3.63) is 62.6 Å². The van der Waals surface area contributed by atoms with Crippen LogP contribution in [-0.4, -0.2) is 22.7 Å². The van der Waals surface area contributed by atoms with Crippen LogP contribution in [0.5, 0.6) is 0 Å². The summed E-state index contributed by atoms with van der Waals surface area (Å²) >= 11 is 14.4. The highest BCUT2D eigenvalue weighted by atomic mass is 35.5. The number of nitrogens with one attached hydrogen (secondary N) is 2. The third-order valence-electron chi connectivity index (χ3n) is 5.80. The summed E-state index contributed by atoms with van der Waals surface area (Å²) in [6.07, 6.45) is 0.599.